The Kier molecular flexibility index (Phi) is 4.52. The smallest absolute Gasteiger partial charge is 0.416 e. The van der Waals surface area contributed by atoms with E-state index in [0.717, 1.165) is 28.9 Å². The van der Waals surface area contributed by atoms with Crippen LogP contribution in [0.5, 0.6) is 5.75 Å². The zero-order chi connectivity index (χ0) is 21.0. The fraction of sp³-hybridized carbons (Fsp3) is 0.409. The molecule has 0 radical (unpaired) electrons. The van der Waals surface area contributed by atoms with Gasteiger partial charge in [0.1, 0.15) is 11.4 Å². The Morgan fingerprint density at radius 1 is 1.17 bits per heavy atom. The van der Waals surface area contributed by atoms with E-state index in [1.807, 2.05) is 43.0 Å². The van der Waals surface area contributed by atoms with E-state index >= 15 is 0 Å². The lowest BCUT2D eigenvalue weighted by molar-refractivity contribution is -0.312. The van der Waals surface area contributed by atoms with E-state index in [1.54, 1.807) is 0 Å². The van der Waals surface area contributed by atoms with E-state index in [2.05, 4.69) is 0 Å². The van der Waals surface area contributed by atoms with Gasteiger partial charge in [-0.1, -0.05) is 18.2 Å². The van der Waals surface area contributed by atoms with Gasteiger partial charge in [-0.25, -0.2) is 0 Å². The number of hydrogen-bond acceptors (Lipinski definition) is 4. The van der Waals surface area contributed by atoms with Crippen LogP contribution in [0.3, 0.4) is 0 Å². The molecular weight excluding hydrogens is 383 g/mol. The van der Waals surface area contributed by atoms with Gasteiger partial charge in [-0.15, -0.1) is 0 Å². The Morgan fingerprint density at radius 3 is 2.55 bits per heavy atom. The summed E-state index contributed by atoms with van der Waals surface area (Å²) in [6.07, 6.45) is -3.81. The standard InChI is InChI=1S/C22H22F3NO3/c1-21(2)10-18(17-7-6-15(22(23,24)25)9-19(17)29-21)13-4-3-5-16(8-13)26-11-14(12-26)20(27)28/h3-9,14,18H,10-12H2,1-2H3,(H,27,28)/p-1. The molecule has 2 heterocycles. The number of nitrogens with zero attached hydrogens (tertiary/aromatic N) is 1. The van der Waals surface area contributed by atoms with Crippen molar-refractivity contribution < 1.29 is 27.8 Å². The number of hydrogen-bond donors (Lipinski definition) is 0. The number of carboxylic acids is 1. The highest BCUT2D eigenvalue weighted by atomic mass is 19.4. The molecule has 1 atom stereocenters. The molecule has 0 aliphatic carbocycles. The number of carbonyl (C=O) groups excluding carboxylic acids is 1. The zero-order valence-electron chi connectivity index (χ0n) is 16.1. The van der Waals surface area contributed by atoms with E-state index in [0.29, 0.717) is 19.5 Å². The Balaban J connectivity index is 1.67. The van der Waals surface area contributed by atoms with Crippen molar-refractivity contribution in [1.82, 2.24) is 0 Å². The average Bonchev–Trinajstić information content (AvgIpc) is 2.57. The molecule has 2 aliphatic heterocycles. The van der Waals surface area contributed by atoms with E-state index in [-0.39, 0.29) is 11.7 Å². The van der Waals surface area contributed by atoms with Gasteiger partial charge >= 0.3 is 6.18 Å². The first-order valence-corrected chi connectivity index (χ1v) is 9.49. The van der Waals surface area contributed by atoms with E-state index < -0.39 is 29.2 Å². The maximum atomic E-state index is 13.1. The number of halogens is 3. The summed E-state index contributed by atoms with van der Waals surface area (Å²) >= 11 is 0. The number of carbonyl (C=O) groups is 1. The van der Waals surface area contributed by atoms with Crippen LogP contribution in [0.4, 0.5) is 18.9 Å². The Hall–Kier alpha value is -2.70. The molecule has 4 rings (SSSR count). The monoisotopic (exact) mass is 404 g/mol. The van der Waals surface area contributed by atoms with Gasteiger partial charge in [0, 0.05) is 42.1 Å². The number of anilines is 1. The average molecular weight is 404 g/mol. The third-order valence-electron chi connectivity index (χ3n) is 5.65. The number of alkyl halides is 3. The Bertz CT molecular complexity index is 949. The summed E-state index contributed by atoms with van der Waals surface area (Å²) in [4.78, 5) is 12.9. The minimum absolute atomic E-state index is 0.116. The van der Waals surface area contributed by atoms with Crippen LogP contribution in [0, 0.1) is 5.92 Å². The van der Waals surface area contributed by atoms with Gasteiger partial charge in [-0.05, 0) is 50.1 Å². The molecule has 0 aromatic heterocycles. The van der Waals surface area contributed by atoms with Crippen LogP contribution < -0.4 is 14.7 Å². The summed E-state index contributed by atoms with van der Waals surface area (Å²) in [6.45, 7) is 4.53. The molecule has 29 heavy (non-hydrogen) atoms. The first-order chi connectivity index (χ1) is 13.5. The Labute approximate surface area is 166 Å². The molecule has 0 amide bonds. The third kappa shape index (κ3) is 3.78. The molecule has 154 valence electrons. The van der Waals surface area contributed by atoms with Gasteiger partial charge in [-0.3, -0.25) is 0 Å². The van der Waals surface area contributed by atoms with Crippen LogP contribution in [0.25, 0.3) is 0 Å². The fourth-order valence-electron chi connectivity index (χ4n) is 4.10. The van der Waals surface area contributed by atoms with Crippen LogP contribution in [-0.2, 0) is 11.0 Å². The van der Waals surface area contributed by atoms with Crippen LogP contribution >= 0.6 is 0 Å². The molecule has 2 aliphatic rings. The molecule has 4 nitrogen and oxygen atoms in total. The molecule has 2 aromatic carbocycles. The van der Waals surface area contributed by atoms with Crippen molar-refractivity contribution in [2.24, 2.45) is 5.92 Å². The molecule has 7 heteroatoms. The molecule has 2 aromatic rings. The molecule has 0 spiro atoms. The van der Waals surface area contributed by atoms with Crippen molar-refractivity contribution in [3.8, 4) is 5.75 Å². The summed E-state index contributed by atoms with van der Waals surface area (Å²) in [5.74, 6) is -1.37. The lowest BCUT2D eigenvalue weighted by Crippen LogP contribution is -2.54. The van der Waals surface area contributed by atoms with Crippen molar-refractivity contribution in [3.63, 3.8) is 0 Å². The van der Waals surface area contributed by atoms with Gasteiger partial charge in [0.15, 0.2) is 0 Å². The fourth-order valence-corrected chi connectivity index (χ4v) is 4.10. The molecular formula is C22H21F3NO3-. The summed E-state index contributed by atoms with van der Waals surface area (Å²) in [5.41, 5.74) is 1.25. The highest BCUT2D eigenvalue weighted by Crippen LogP contribution is 2.46. The predicted molar refractivity (Wildman–Crippen MR) is 99.8 cm³/mol. The summed E-state index contributed by atoms with van der Waals surface area (Å²) in [6, 6.07) is 11.4. The third-order valence-corrected chi connectivity index (χ3v) is 5.65. The van der Waals surface area contributed by atoms with Crippen molar-refractivity contribution in [1.29, 1.82) is 0 Å². The number of carboxylic acid groups (broad SMARTS) is 1. The van der Waals surface area contributed by atoms with Crippen molar-refractivity contribution >= 4 is 11.7 Å². The second-order valence-electron chi connectivity index (χ2n) is 8.38. The zero-order valence-corrected chi connectivity index (χ0v) is 16.1. The quantitative estimate of drug-likeness (QED) is 0.785. The second-order valence-corrected chi connectivity index (χ2v) is 8.38. The second kappa shape index (κ2) is 6.68. The summed E-state index contributed by atoms with van der Waals surface area (Å²) in [7, 11) is 0. The number of rotatable bonds is 3. The summed E-state index contributed by atoms with van der Waals surface area (Å²) < 4.78 is 45.3. The topological polar surface area (TPSA) is 52.6 Å². The van der Waals surface area contributed by atoms with Gasteiger partial charge in [-0.2, -0.15) is 13.2 Å². The molecule has 1 unspecified atom stereocenters. The van der Waals surface area contributed by atoms with Crippen LogP contribution in [0.1, 0.15) is 42.9 Å². The van der Waals surface area contributed by atoms with Gasteiger partial charge in [0.05, 0.1) is 5.56 Å². The number of ether oxygens (including phenoxy) is 1. The van der Waals surface area contributed by atoms with Crippen LogP contribution in [0.15, 0.2) is 42.5 Å². The van der Waals surface area contributed by atoms with Gasteiger partial charge < -0.3 is 19.5 Å². The van der Waals surface area contributed by atoms with Crippen molar-refractivity contribution in [2.45, 2.75) is 38.0 Å². The molecule has 0 saturated carbocycles. The first kappa shape index (κ1) is 19.6. The van der Waals surface area contributed by atoms with E-state index in [4.69, 9.17) is 4.74 Å². The van der Waals surface area contributed by atoms with Crippen LogP contribution in [-0.4, -0.2) is 24.7 Å². The lowest BCUT2D eigenvalue weighted by Gasteiger charge is -2.42. The number of benzene rings is 2. The highest BCUT2D eigenvalue weighted by molar-refractivity contribution is 5.72. The van der Waals surface area contributed by atoms with E-state index in [1.165, 1.54) is 6.07 Å². The maximum Gasteiger partial charge on any atom is 0.416 e. The largest absolute Gasteiger partial charge is 0.550 e. The van der Waals surface area contributed by atoms with E-state index in [9.17, 15) is 23.1 Å². The minimum Gasteiger partial charge on any atom is -0.550 e. The number of fused-ring (bicyclic) bond motifs is 1. The predicted octanol–water partition coefficient (Wildman–Crippen LogP) is 3.58. The first-order valence-electron chi connectivity index (χ1n) is 9.49. The Morgan fingerprint density at radius 2 is 1.90 bits per heavy atom. The van der Waals surface area contributed by atoms with Gasteiger partial charge in [0.2, 0.25) is 0 Å². The SMILES string of the molecule is CC1(C)CC(c2cccc(N3CC(C(=O)[O-])C3)c2)c2ccc(C(F)(F)F)cc2O1. The maximum absolute atomic E-state index is 13.1. The van der Waals surface area contributed by atoms with Crippen LogP contribution in [0.2, 0.25) is 0 Å². The highest BCUT2D eigenvalue weighted by Gasteiger charge is 2.38. The number of aliphatic carboxylic acids is 1. The molecule has 0 bridgehead atoms. The van der Waals surface area contributed by atoms with Gasteiger partial charge in [0.25, 0.3) is 0 Å². The molecule has 1 fully saturated rings. The summed E-state index contributed by atoms with van der Waals surface area (Å²) in [5, 5.41) is 10.9. The van der Waals surface area contributed by atoms with Crippen molar-refractivity contribution in [3.05, 3.63) is 59.2 Å². The molecule has 0 N–H and O–H groups in total. The lowest BCUT2D eigenvalue weighted by atomic mass is 9.79. The normalized spacial score (nSPS) is 21.1. The van der Waals surface area contributed by atoms with Crippen molar-refractivity contribution in [2.75, 3.05) is 18.0 Å². The molecule has 1 saturated heterocycles. The minimum atomic E-state index is -4.43.